The van der Waals surface area contributed by atoms with Crippen LogP contribution in [0.2, 0.25) is 0 Å². The van der Waals surface area contributed by atoms with Gasteiger partial charge < -0.3 is 14.3 Å². The third-order valence-corrected chi connectivity index (χ3v) is 3.17. The van der Waals surface area contributed by atoms with E-state index in [0.29, 0.717) is 23.5 Å². The molecule has 0 aliphatic rings. The van der Waals surface area contributed by atoms with Crippen LogP contribution in [0.15, 0.2) is 21.3 Å². The molecule has 0 radical (unpaired) electrons. The topological polar surface area (TPSA) is 64.1 Å². The molecule has 0 aliphatic carbocycles. The molecule has 0 saturated heterocycles. The third-order valence-electron chi connectivity index (χ3n) is 3.17. The molecule has 2 unspecified atom stereocenters. The highest BCUT2D eigenvalue weighted by molar-refractivity contribution is 5.51. The zero-order valence-electron chi connectivity index (χ0n) is 11.2. The number of furan rings is 1. The van der Waals surface area contributed by atoms with E-state index >= 15 is 0 Å². The number of hydrogen-bond acceptors (Lipinski definition) is 5. The Hall–Kier alpha value is -1.62. The highest BCUT2D eigenvalue weighted by Crippen LogP contribution is 2.24. The number of hydrogen-bond donors (Lipinski definition) is 1. The molecular formula is C13H19N3O2. The van der Waals surface area contributed by atoms with E-state index in [1.807, 2.05) is 13.0 Å². The molecule has 2 rings (SSSR count). The molecule has 5 nitrogen and oxygen atoms in total. The third kappa shape index (κ3) is 2.46. The Morgan fingerprint density at radius 1 is 1.39 bits per heavy atom. The summed E-state index contributed by atoms with van der Waals surface area (Å²) in [4.78, 5) is 4.41. The largest absolute Gasteiger partial charge is 0.461 e. The molecule has 2 aromatic heterocycles. The van der Waals surface area contributed by atoms with Gasteiger partial charge in [-0.2, -0.15) is 4.98 Å². The number of likely N-dealkylation sites (N-methyl/N-ethyl adjacent to an activating group) is 1. The van der Waals surface area contributed by atoms with Gasteiger partial charge in [0.1, 0.15) is 0 Å². The van der Waals surface area contributed by atoms with Crippen molar-refractivity contribution in [2.75, 3.05) is 6.54 Å². The highest BCUT2D eigenvalue weighted by atomic mass is 16.5. The molecule has 0 bridgehead atoms. The van der Waals surface area contributed by atoms with Gasteiger partial charge in [-0.15, -0.1) is 0 Å². The van der Waals surface area contributed by atoms with E-state index in [-0.39, 0.29) is 5.92 Å². The lowest BCUT2D eigenvalue weighted by molar-refractivity contribution is 0.332. The summed E-state index contributed by atoms with van der Waals surface area (Å²) in [5.41, 5.74) is 1.01. The minimum Gasteiger partial charge on any atom is -0.461 e. The van der Waals surface area contributed by atoms with Gasteiger partial charge in [0.2, 0.25) is 11.7 Å². The summed E-state index contributed by atoms with van der Waals surface area (Å²) in [6.45, 7) is 9.13. The zero-order valence-corrected chi connectivity index (χ0v) is 11.2. The van der Waals surface area contributed by atoms with E-state index in [1.54, 1.807) is 6.26 Å². The second-order valence-electron chi connectivity index (χ2n) is 4.52. The van der Waals surface area contributed by atoms with Crippen LogP contribution in [0.4, 0.5) is 0 Å². The maximum Gasteiger partial charge on any atom is 0.238 e. The quantitative estimate of drug-likeness (QED) is 0.882. The smallest absolute Gasteiger partial charge is 0.238 e. The minimum atomic E-state index is 0.168. The van der Waals surface area contributed by atoms with Crippen molar-refractivity contribution in [2.45, 2.75) is 39.7 Å². The SMILES string of the molecule is CCNC(C)C(C)c1nc(-c2occc2C)no1. The van der Waals surface area contributed by atoms with Gasteiger partial charge in [-0.3, -0.25) is 0 Å². The molecule has 5 heteroatoms. The summed E-state index contributed by atoms with van der Waals surface area (Å²) < 4.78 is 10.7. The van der Waals surface area contributed by atoms with E-state index < -0.39 is 0 Å². The predicted molar refractivity (Wildman–Crippen MR) is 68.3 cm³/mol. The van der Waals surface area contributed by atoms with Crippen LogP contribution < -0.4 is 5.32 Å². The van der Waals surface area contributed by atoms with E-state index in [0.717, 1.165) is 12.1 Å². The highest BCUT2D eigenvalue weighted by Gasteiger charge is 2.21. The van der Waals surface area contributed by atoms with Crippen molar-refractivity contribution in [3.63, 3.8) is 0 Å². The predicted octanol–water partition coefficient (Wildman–Crippen LogP) is 2.74. The summed E-state index contributed by atoms with van der Waals surface area (Å²) in [6, 6.07) is 2.18. The molecule has 2 atom stereocenters. The van der Waals surface area contributed by atoms with Crippen molar-refractivity contribution in [2.24, 2.45) is 0 Å². The van der Waals surface area contributed by atoms with Crippen LogP contribution in [-0.2, 0) is 0 Å². The Bertz CT molecular complexity index is 504. The summed E-state index contributed by atoms with van der Waals surface area (Å²) >= 11 is 0. The van der Waals surface area contributed by atoms with Crippen LogP contribution in [-0.4, -0.2) is 22.7 Å². The van der Waals surface area contributed by atoms with Gasteiger partial charge in [-0.1, -0.05) is 19.0 Å². The standard InChI is InChI=1S/C13H19N3O2/c1-5-14-10(4)9(3)13-15-12(16-18-13)11-8(2)6-7-17-11/h6-7,9-10,14H,5H2,1-4H3. The van der Waals surface area contributed by atoms with E-state index in [4.69, 9.17) is 8.94 Å². The Morgan fingerprint density at radius 2 is 2.17 bits per heavy atom. The fraction of sp³-hybridized carbons (Fsp3) is 0.538. The fourth-order valence-electron chi connectivity index (χ4n) is 1.83. The van der Waals surface area contributed by atoms with Crippen molar-refractivity contribution < 1.29 is 8.94 Å². The van der Waals surface area contributed by atoms with Crippen molar-refractivity contribution in [3.05, 3.63) is 23.8 Å². The average Bonchev–Trinajstić information content (AvgIpc) is 2.96. The molecule has 0 saturated carbocycles. The van der Waals surface area contributed by atoms with Crippen molar-refractivity contribution in [1.29, 1.82) is 0 Å². The van der Waals surface area contributed by atoms with Crippen LogP contribution in [0.5, 0.6) is 0 Å². The molecule has 0 spiro atoms. The van der Waals surface area contributed by atoms with Gasteiger partial charge in [0, 0.05) is 6.04 Å². The summed E-state index contributed by atoms with van der Waals surface area (Å²) in [5, 5.41) is 7.32. The Labute approximate surface area is 107 Å². The van der Waals surface area contributed by atoms with E-state index in [2.05, 4.69) is 36.2 Å². The van der Waals surface area contributed by atoms with Crippen LogP contribution in [0, 0.1) is 6.92 Å². The maximum atomic E-state index is 5.35. The lowest BCUT2D eigenvalue weighted by Gasteiger charge is -2.16. The van der Waals surface area contributed by atoms with E-state index in [9.17, 15) is 0 Å². The summed E-state index contributed by atoms with van der Waals surface area (Å²) in [6.07, 6.45) is 1.63. The molecule has 0 amide bonds. The van der Waals surface area contributed by atoms with Crippen molar-refractivity contribution in [1.82, 2.24) is 15.5 Å². The fourth-order valence-corrected chi connectivity index (χ4v) is 1.83. The minimum absolute atomic E-state index is 0.168. The van der Waals surface area contributed by atoms with Crippen LogP contribution in [0.3, 0.4) is 0 Å². The average molecular weight is 249 g/mol. The summed E-state index contributed by atoms with van der Waals surface area (Å²) in [5.74, 6) is 1.99. The van der Waals surface area contributed by atoms with Crippen LogP contribution >= 0.6 is 0 Å². The molecule has 0 aliphatic heterocycles. The maximum absolute atomic E-state index is 5.35. The molecular weight excluding hydrogens is 230 g/mol. The first-order valence-electron chi connectivity index (χ1n) is 6.25. The monoisotopic (exact) mass is 249 g/mol. The van der Waals surface area contributed by atoms with Gasteiger partial charge in [-0.05, 0) is 32.0 Å². The lowest BCUT2D eigenvalue weighted by Crippen LogP contribution is -2.30. The normalized spacial score (nSPS) is 14.7. The number of aromatic nitrogens is 2. The zero-order chi connectivity index (χ0) is 13.1. The second-order valence-corrected chi connectivity index (χ2v) is 4.52. The molecule has 98 valence electrons. The molecule has 18 heavy (non-hydrogen) atoms. The number of nitrogens with zero attached hydrogens (tertiary/aromatic N) is 2. The summed E-state index contributed by atoms with van der Waals surface area (Å²) in [7, 11) is 0. The molecule has 1 N–H and O–H groups in total. The molecule has 2 heterocycles. The van der Waals surface area contributed by atoms with Crippen LogP contribution in [0.25, 0.3) is 11.6 Å². The number of rotatable bonds is 5. The van der Waals surface area contributed by atoms with Gasteiger partial charge >= 0.3 is 0 Å². The second kappa shape index (κ2) is 5.35. The van der Waals surface area contributed by atoms with Crippen LogP contribution in [0.1, 0.15) is 38.1 Å². The van der Waals surface area contributed by atoms with Gasteiger partial charge in [-0.25, -0.2) is 0 Å². The first kappa shape index (κ1) is 12.8. The Morgan fingerprint density at radius 3 is 2.78 bits per heavy atom. The van der Waals surface area contributed by atoms with E-state index in [1.165, 1.54) is 0 Å². The molecule has 0 aromatic carbocycles. The molecule has 0 fully saturated rings. The lowest BCUT2D eigenvalue weighted by atomic mass is 10.0. The van der Waals surface area contributed by atoms with Gasteiger partial charge in [0.05, 0.1) is 12.2 Å². The first-order chi connectivity index (χ1) is 8.63. The number of aryl methyl sites for hydroxylation is 1. The van der Waals surface area contributed by atoms with Crippen molar-refractivity contribution in [3.8, 4) is 11.6 Å². The first-order valence-corrected chi connectivity index (χ1v) is 6.25. The Balaban J connectivity index is 2.18. The Kier molecular flexibility index (Phi) is 3.81. The molecule has 2 aromatic rings. The number of nitrogens with one attached hydrogen (secondary N) is 1. The van der Waals surface area contributed by atoms with Gasteiger partial charge in [0.25, 0.3) is 0 Å². The van der Waals surface area contributed by atoms with Crippen molar-refractivity contribution >= 4 is 0 Å². The van der Waals surface area contributed by atoms with Gasteiger partial charge in [0.15, 0.2) is 5.76 Å².